The van der Waals surface area contributed by atoms with Crippen molar-refractivity contribution >= 4 is 5.69 Å². The highest BCUT2D eigenvalue weighted by Crippen LogP contribution is 2.08. The first kappa shape index (κ1) is 9.81. The van der Waals surface area contributed by atoms with Crippen LogP contribution in [0.25, 0.3) is 0 Å². The van der Waals surface area contributed by atoms with Gasteiger partial charge in [-0.1, -0.05) is 29.8 Å². The Morgan fingerprint density at radius 1 is 1.31 bits per heavy atom. The maximum Gasteiger partial charge on any atom is 0.0525 e. The topological polar surface area (TPSA) is 29.3 Å². The van der Waals surface area contributed by atoms with Gasteiger partial charge >= 0.3 is 0 Å². The third kappa shape index (κ3) is 3.30. The first-order chi connectivity index (χ1) is 6.20. The smallest absolute Gasteiger partial charge is 0.0525 e. The molecule has 0 saturated heterocycles. The highest BCUT2D eigenvalue weighted by molar-refractivity contribution is 5.44. The number of hydrogen-bond acceptors (Lipinski definition) is 2. The zero-order chi connectivity index (χ0) is 9.68. The van der Waals surface area contributed by atoms with E-state index in [1.165, 1.54) is 5.57 Å². The standard InChI is InChI=1S/C11H16N2/c1-10(2)8-9-13(12)11-6-4-3-5-7-11/h3-8H,9,12H2,1-2H3. The van der Waals surface area contributed by atoms with Gasteiger partial charge < -0.3 is 5.01 Å². The molecule has 13 heavy (non-hydrogen) atoms. The Hall–Kier alpha value is -1.28. The Morgan fingerprint density at radius 2 is 1.92 bits per heavy atom. The van der Waals surface area contributed by atoms with Gasteiger partial charge in [0.15, 0.2) is 0 Å². The van der Waals surface area contributed by atoms with Crippen molar-refractivity contribution < 1.29 is 0 Å². The van der Waals surface area contributed by atoms with E-state index in [4.69, 9.17) is 5.84 Å². The van der Waals surface area contributed by atoms with Gasteiger partial charge in [-0.05, 0) is 26.0 Å². The van der Waals surface area contributed by atoms with E-state index in [0.717, 1.165) is 12.2 Å². The Balaban J connectivity index is 2.59. The van der Waals surface area contributed by atoms with Crippen LogP contribution < -0.4 is 10.9 Å². The number of anilines is 1. The van der Waals surface area contributed by atoms with E-state index in [-0.39, 0.29) is 0 Å². The molecule has 1 rings (SSSR count). The van der Waals surface area contributed by atoms with Crippen molar-refractivity contribution in [2.24, 2.45) is 5.84 Å². The molecule has 1 aromatic carbocycles. The lowest BCUT2D eigenvalue weighted by atomic mass is 10.3. The molecule has 0 bridgehead atoms. The molecule has 0 aliphatic heterocycles. The van der Waals surface area contributed by atoms with Crippen LogP contribution in [0.1, 0.15) is 13.8 Å². The van der Waals surface area contributed by atoms with Gasteiger partial charge in [-0.2, -0.15) is 0 Å². The molecule has 0 saturated carbocycles. The van der Waals surface area contributed by atoms with Gasteiger partial charge in [0.1, 0.15) is 0 Å². The number of hydrazine groups is 1. The van der Waals surface area contributed by atoms with Crippen LogP contribution in [0.4, 0.5) is 5.69 Å². The third-order valence-corrected chi connectivity index (χ3v) is 1.78. The van der Waals surface area contributed by atoms with E-state index in [1.807, 2.05) is 30.3 Å². The highest BCUT2D eigenvalue weighted by atomic mass is 15.4. The molecule has 0 spiro atoms. The Kier molecular flexibility index (Phi) is 3.53. The second-order valence-electron chi connectivity index (χ2n) is 3.27. The summed E-state index contributed by atoms with van der Waals surface area (Å²) in [5, 5.41) is 1.73. The summed E-state index contributed by atoms with van der Waals surface area (Å²) in [5.41, 5.74) is 2.33. The largest absolute Gasteiger partial charge is 0.307 e. The van der Waals surface area contributed by atoms with Crippen LogP contribution in [0, 0.1) is 0 Å². The fourth-order valence-electron chi connectivity index (χ4n) is 1.01. The van der Waals surface area contributed by atoms with Gasteiger partial charge in [0.05, 0.1) is 12.2 Å². The first-order valence-electron chi connectivity index (χ1n) is 4.41. The molecule has 0 fully saturated rings. The van der Waals surface area contributed by atoms with Gasteiger partial charge in [-0.15, -0.1) is 0 Å². The predicted octanol–water partition coefficient (Wildman–Crippen LogP) is 2.33. The highest BCUT2D eigenvalue weighted by Gasteiger charge is 1.96. The van der Waals surface area contributed by atoms with Gasteiger partial charge in [0.2, 0.25) is 0 Å². The van der Waals surface area contributed by atoms with E-state index in [0.29, 0.717) is 0 Å². The summed E-state index contributed by atoms with van der Waals surface area (Å²) < 4.78 is 0. The van der Waals surface area contributed by atoms with Crippen molar-refractivity contribution in [3.05, 3.63) is 42.0 Å². The molecule has 2 nitrogen and oxygen atoms in total. The number of para-hydroxylation sites is 1. The molecule has 1 aromatic rings. The van der Waals surface area contributed by atoms with E-state index in [2.05, 4.69) is 19.9 Å². The SMILES string of the molecule is CC(C)=CCN(N)c1ccccc1. The lowest BCUT2D eigenvalue weighted by Gasteiger charge is -2.16. The maximum absolute atomic E-state index is 5.83. The molecule has 2 N–H and O–H groups in total. The van der Waals surface area contributed by atoms with E-state index >= 15 is 0 Å². The van der Waals surface area contributed by atoms with E-state index in [9.17, 15) is 0 Å². The van der Waals surface area contributed by atoms with Crippen LogP contribution in [0.3, 0.4) is 0 Å². The second-order valence-corrected chi connectivity index (χ2v) is 3.27. The van der Waals surface area contributed by atoms with Crippen molar-refractivity contribution in [1.82, 2.24) is 0 Å². The zero-order valence-corrected chi connectivity index (χ0v) is 8.20. The molecular formula is C11H16N2. The Morgan fingerprint density at radius 3 is 2.46 bits per heavy atom. The summed E-state index contributed by atoms with van der Waals surface area (Å²) >= 11 is 0. The molecule has 2 heteroatoms. The summed E-state index contributed by atoms with van der Waals surface area (Å²) in [7, 11) is 0. The average Bonchev–Trinajstić information content (AvgIpc) is 2.15. The zero-order valence-electron chi connectivity index (χ0n) is 8.20. The van der Waals surface area contributed by atoms with E-state index in [1.54, 1.807) is 5.01 Å². The van der Waals surface area contributed by atoms with Crippen molar-refractivity contribution in [2.45, 2.75) is 13.8 Å². The van der Waals surface area contributed by atoms with Crippen molar-refractivity contribution in [2.75, 3.05) is 11.6 Å². The number of benzene rings is 1. The minimum absolute atomic E-state index is 0.756. The molecule has 0 aliphatic carbocycles. The van der Waals surface area contributed by atoms with Gasteiger partial charge in [0, 0.05) is 0 Å². The van der Waals surface area contributed by atoms with Crippen LogP contribution in [-0.4, -0.2) is 6.54 Å². The fourth-order valence-corrected chi connectivity index (χ4v) is 1.01. The van der Waals surface area contributed by atoms with Crippen LogP contribution in [0.15, 0.2) is 42.0 Å². The molecule has 0 aromatic heterocycles. The average molecular weight is 176 g/mol. The van der Waals surface area contributed by atoms with Crippen LogP contribution in [0.5, 0.6) is 0 Å². The summed E-state index contributed by atoms with van der Waals surface area (Å²) in [4.78, 5) is 0. The minimum atomic E-state index is 0.756. The van der Waals surface area contributed by atoms with Crippen LogP contribution >= 0.6 is 0 Å². The van der Waals surface area contributed by atoms with Crippen LogP contribution in [-0.2, 0) is 0 Å². The summed E-state index contributed by atoms with van der Waals surface area (Å²) in [6.45, 7) is 4.89. The monoisotopic (exact) mass is 176 g/mol. The molecule has 0 unspecified atom stereocenters. The van der Waals surface area contributed by atoms with Gasteiger partial charge in [-0.3, -0.25) is 0 Å². The number of allylic oxidation sites excluding steroid dienone is 1. The minimum Gasteiger partial charge on any atom is -0.307 e. The molecule has 0 aliphatic rings. The lowest BCUT2D eigenvalue weighted by Crippen LogP contribution is -2.30. The molecular weight excluding hydrogens is 160 g/mol. The summed E-state index contributed by atoms with van der Waals surface area (Å²) in [5.74, 6) is 5.83. The number of hydrogen-bond donors (Lipinski definition) is 1. The van der Waals surface area contributed by atoms with Gasteiger partial charge in [-0.25, -0.2) is 5.84 Å². The molecule has 0 heterocycles. The molecule has 70 valence electrons. The number of nitrogens with two attached hydrogens (primary N) is 1. The summed E-state index contributed by atoms with van der Waals surface area (Å²) in [6.07, 6.45) is 2.10. The summed E-state index contributed by atoms with van der Waals surface area (Å²) in [6, 6.07) is 9.95. The number of nitrogens with zero attached hydrogens (tertiary/aromatic N) is 1. The molecule has 0 atom stereocenters. The second kappa shape index (κ2) is 4.67. The molecule has 0 amide bonds. The quantitative estimate of drug-likeness (QED) is 0.435. The Bertz CT molecular complexity index is 273. The van der Waals surface area contributed by atoms with Crippen molar-refractivity contribution in [3.63, 3.8) is 0 Å². The third-order valence-electron chi connectivity index (χ3n) is 1.78. The van der Waals surface area contributed by atoms with Crippen molar-refractivity contribution in [3.8, 4) is 0 Å². The normalized spacial score (nSPS) is 9.46. The predicted molar refractivity (Wildman–Crippen MR) is 57.4 cm³/mol. The maximum atomic E-state index is 5.83. The van der Waals surface area contributed by atoms with Crippen LogP contribution in [0.2, 0.25) is 0 Å². The fraction of sp³-hybridized carbons (Fsp3) is 0.273. The molecule has 0 radical (unpaired) electrons. The number of rotatable bonds is 3. The lowest BCUT2D eigenvalue weighted by molar-refractivity contribution is 0.933. The first-order valence-corrected chi connectivity index (χ1v) is 4.41. The van der Waals surface area contributed by atoms with Gasteiger partial charge in [0.25, 0.3) is 0 Å². The van der Waals surface area contributed by atoms with E-state index < -0.39 is 0 Å². The Labute approximate surface area is 79.6 Å². The van der Waals surface area contributed by atoms with Crippen molar-refractivity contribution in [1.29, 1.82) is 0 Å².